The van der Waals surface area contributed by atoms with Gasteiger partial charge in [-0.2, -0.15) is 13.2 Å². The Morgan fingerprint density at radius 1 is 1.19 bits per heavy atom. The molecule has 0 atom stereocenters. The molecule has 0 saturated carbocycles. The summed E-state index contributed by atoms with van der Waals surface area (Å²) in [5, 5.41) is 1.32. The van der Waals surface area contributed by atoms with Gasteiger partial charge in [-0.3, -0.25) is 9.69 Å². The second kappa shape index (κ2) is 6.12. The van der Waals surface area contributed by atoms with Gasteiger partial charge in [-0.15, -0.1) is 0 Å². The SMILES string of the molecule is CI.O=C1c2cccc3c(Br)ccc(c23)N1CC(F)(F)F. The van der Waals surface area contributed by atoms with Crippen LogP contribution in [0.25, 0.3) is 10.8 Å². The number of carbonyl (C=O) groups is 1. The number of nitrogens with zero attached hydrogens (tertiary/aromatic N) is 1. The number of rotatable bonds is 1. The first-order valence-corrected chi connectivity index (χ1v) is 8.81. The van der Waals surface area contributed by atoms with Crippen molar-refractivity contribution in [1.29, 1.82) is 0 Å². The number of hydrogen-bond acceptors (Lipinski definition) is 1. The summed E-state index contributed by atoms with van der Waals surface area (Å²) in [7, 11) is 0. The minimum Gasteiger partial charge on any atom is -0.299 e. The van der Waals surface area contributed by atoms with E-state index in [0.29, 0.717) is 16.6 Å². The molecule has 7 heteroatoms. The Labute approximate surface area is 141 Å². The van der Waals surface area contributed by atoms with E-state index in [-0.39, 0.29) is 0 Å². The number of anilines is 1. The van der Waals surface area contributed by atoms with Crippen molar-refractivity contribution in [3.63, 3.8) is 0 Å². The lowest BCUT2D eigenvalue weighted by Crippen LogP contribution is -2.36. The van der Waals surface area contributed by atoms with Crippen LogP contribution in [0.5, 0.6) is 0 Å². The first kappa shape index (κ1) is 16.5. The molecule has 0 bridgehead atoms. The molecule has 1 amide bonds. The van der Waals surface area contributed by atoms with Crippen LogP contribution in [-0.2, 0) is 0 Å². The predicted octanol–water partition coefficient (Wildman–Crippen LogP) is 5.18. The van der Waals surface area contributed by atoms with Crippen molar-refractivity contribution < 1.29 is 18.0 Å². The zero-order valence-electron chi connectivity index (χ0n) is 10.8. The van der Waals surface area contributed by atoms with Crippen LogP contribution in [-0.4, -0.2) is 23.6 Å². The lowest BCUT2D eigenvalue weighted by molar-refractivity contribution is -0.118. The van der Waals surface area contributed by atoms with Gasteiger partial charge < -0.3 is 0 Å². The first-order valence-electron chi connectivity index (χ1n) is 5.86. The summed E-state index contributed by atoms with van der Waals surface area (Å²) in [6.07, 6.45) is -4.42. The first-order chi connectivity index (χ1) is 9.88. The van der Waals surface area contributed by atoms with Crippen molar-refractivity contribution in [3.8, 4) is 0 Å². The minimum absolute atomic E-state index is 0.316. The second-order valence-electron chi connectivity index (χ2n) is 4.30. The lowest BCUT2D eigenvalue weighted by atomic mass is 10.1. The van der Waals surface area contributed by atoms with Gasteiger partial charge in [0.25, 0.3) is 5.91 Å². The van der Waals surface area contributed by atoms with E-state index >= 15 is 0 Å². The van der Waals surface area contributed by atoms with E-state index in [4.69, 9.17) is 0 Å². The number of hydrogen-bond donors (Lipinski definition) is 0. The third kappa shape index (κ3) is 3.03. The molecule has 21 heavy (non-hydrogen) atoms. The third-order valence-corrected chi connectivity index (χ3v) is 3.76. The number of amides is 1. The van der Waals surface area contributed by atoms with Crippen LogP contribution >= 0.6 is 38.5 Å². The summed E-state index contributed by atoms with van der Waals surface area (Å²) in [6.45, 7) is -1.27. The Bertz CT molecular complexity index is 702. The van der Waals surface area contributed by atoms with Crippen LogP contribution < -0.4 is 4.90 Å². The van der Waals surface area contributed by atoms with Gasteiger partial charge in [0.1, 0.15) is 6.54 Å². The Morgan fingerprint density at radius 2 is 1.86 bits per heavy atom. The van der Waals surface area contributed by atoms with Crippen molar-refractivity contribution in [2.24, 2.45) is 0 Å². The molecule has 1 aliphatic heterocycles. The van der Waals surface area contributed by atoms with E-state index in [9.17, 15) is 18.0 Å². The average Bonchev–Trinajstić information content (AvgIpc) is 2.70. The topological polar surface area (TPSA) is 20.3 Å². The maximum Gasteiger partial charge on any atom is 0.406 e. The Balaban J connectivity index is 0.000000774. The highest BCUT2D eigenvalue weighted by Gasteiger charge is 2.38. The van der Waals surface area contributed by atoms with E-state index < -0.39 is 18.6 Å². The molecule has 1 heterocycles. The monoisotopic (exact) mass is 471 g/mol. The summed E-state index contributed by atoms with van der Waals surface area (Å²) in [5.74, 6) is -0.601. The number of benzene rings is 2. The van der Waals surface area contributed by atoms with Crippen LogP contribution in [0.15, 0.2) is 34.8 Å². The fourth-order valence-corrected chi connectivity index (χ4v) is 2.81. The van der Waals surface area contributed by atoms with Crippen LogP contribution in [0.2, 0.25) is 0 Å². The fourth-order valence-electron chi connectivity index (χ4n) is 2.35. The molecule has 2 aromatic carbocycles. The van der Waals surface area contributed by atoms with Crippen LogP contribution in [0.1, 0.15) is 10.4 Å². The van der Waals surface area contributed by atoms with Crippen LogP contribution in [0.3, 0.4) is 0 Å². The smallest absolute Gasteiger partial charge is 0.299 e. The summed E-state index contributed by atoms with van der Waals surface area (Å²) in [5.41, 5.74) is 0.633. The molecule has 0 aromatic heterocycles. The van der Waals surface area contributed by atoms with Gasteiger partial charge >= 0.3 is 6.18 Å². The molecule has 0 fully saturated rings. The van der Waals surface area contributed by atoms with Gasteiger partial charge in [0.15, 0.2) is 0 Å². The molecule has 0 spiro atoms. The largest absolute Gasteiger partial charge is 0.406 e. The van der Waals surface area contributed by atoms with E-state index in [1.807, 2.05) is 4.93 Å². The number of alkyl halides is 4. The van der Waals surface area contributed by atoms with Crippen molar-refractivity contribution in [2.75, 3.05) is 16.4 Å². The van der Waals surface area contributed by atoms with Gasteiger partial charge in [-0.05, 0) is 28.5 Å². The minimum atomic E-state index is -4.42. The number of carbonyl (C=O) groups excluding carboxylic acids is 1. The Morgan fingerprint density at radius 3 is 2.48 bits per heavy atom. The zero-order chi connectivity index (χ0) is 15.8. The highest BCUT2D eigenvalue weighted by Crippen LogP contribution is 2.41. The Kier molecular flexibility index (Phi) is 4.82. The molecule has 3 rings (SSSR count). The summed E-state index contributed by atoms with van der Waals surface area (Å²) < 4.78 is 38.4. The molecule has 0 saturated heterocycles. The van der Waals surface area contributed by atoms with Gasteiger partial charge in [0.05, 0.1) is 5.69 Å². The van der Waals surface area contributed by atoms with Crippen molar-refractivity contribution in [2.45, 2.75) is 6.18 Å². The highest BCUT2D eigenvalue weighted by atomic mass is 127. The summed E-state index contributed by atoms with van der Waals surface area (Å²) in [4.78, 5) is 14.8. The normalized spacial score (nSPS) is 13.4. The standard InChI is InChI=1S/C13H7BrF3NO.CH3I/c14-9-4-5-10-11-7(9)2-1-3-8(11)12(19)18(10)6-13(15,16)17;1-2/h1-5H,6H2;1H3. The van der Waals surface area contributed by atoms with Crippen molar-refractivity contribution >= 4 is 60.9 Å². The number of halogens is 5. The quantitative estimate of drug-likeness (QED) is 0.414. The van der Waals surface area contributed by atoms with Crippen LogP contribution in [0.4, 0.5) is 18.9 Å². The van der Waals surface area contributed by atoms with E-state index in [2.05, 4.69) is 38.5 Å². The van der Waals surface area contributed by atoms with E-state index in [1.54, 1.807) is 24.3 Å². The van der Waals surface area contributed by atoms with Crippen LogP contribution in [0, 0.1) is 0 Å². The molecule has 0 unspecified atom stereocenters. The lowest BCUT2D eigenvalue weighted by Gasteiger charge is -2.19. The summed E-state index contributed by atoms with van der Waals surface area (Å²) >= 11 is 5.49. The highest BCUT2D eigenvalue weighted by molar-refractivity contribution is 14.1. The molecule has 112 valence electrons. The molecule has 0 radical (unpaired) electrons. The van der Waals surface area contributed by atoms with E-state index in [0.717, 1.165) is 14.8 Å². The second-order valence-corrected chi connectivity index (χ2v) is 5.16. The van der Waals surface area contributed by atoms with Crippen molar-refractivity contribution in [1.82, 2.24) is 0 Å². The average molecular weight is 472 g/mol. The third-order valence-electron chi connectivity index (χ3n) is 3.07. The van der Waals surface area contributed by atoms with E-state index in [1.165, 1.54) is 6.07 Å². The Hall–Kier alpha value is -0.830. The molecule has 1 aliphatic rings. The predicted molar refractivity (Wildman–Crippen MR) is 89.3 cm³/mol. The fraction of sp³-hybridized carbons (Fsp3) is 0.214. The summed E-state index contributed by atoms with van der Waals surface area (Å²) in [6, 6.07) is 8.19. The molecule has 0 N–H and O–H groups in total. The molecule has 2 nitrogen and oxygen atoms in total. The molecule has 2 aromatic rings. The van der Waals surface area contributed by atoms with Gasteiger partial charge in [0, 0.05) is 15.4 Å². The van der Waals surface area contributed by atoms with Gasteiger partial charge in [0.2, 0.25) is 0 Å². The zero-order valence-corrected chi connectivity index (χ0v) is 14.6. The molecular weight excluding hydrogens is 462 g/mol. The maximum absolute atomic E-state index is 12.6. The van der Waals surface area contributed by atoms with Crippen molar-refractivity contribution in [3.05, 3.63) is 40.4 Å². The molecular formula is C14H10BrF3INO. The van der Waals surface area contributed by atoms with Gasteiger partial charge in [-0.25, -0.2) is 0 Å². The molecule has 0 aliphatic carbocycles. The maximum atomic E-state index is 12.6. The van der Waals surface area contributed by atoms with Gasteiger partial charge in [-0.1, -0.05) is 50.7 Å².